The lowest BCUT2D eigenvalue weighted by Gasteiger charge is -2.09. The van der Waals surface area contributed by atoms with Gasteiger partial charge in [0, 0.05) is 24.1 Å². The average Bonchev–Trinajstić information content (AvgIpc) is 3.14. The molecule has 4 aromatic rings. The van der Waals surface area contributed by atoms with Crippen LogP contribution in [0, 0.1) is 6.92 Å². The molecule has 1 heterocycles. The van der Waals surface area contributed by atoms with Crippen molar-refractivity contribution in [1.82, 2.24) is 14.8 Å². The largest absolute Gasteiger partial charge is 0.305 e. The molecule has 4 rings (SSSR count). The molecule has 0 atom stereocenters. The van der Waals surface area contributed by atoms with E-state index in [2.05, 4.69) is 27.1 Å². The van der Waals surface area contributed by atoms with Crippen molar-refractivity contribution in [1.29, 1.82) is 0 Å². The molecular weight excluding hydrogens is 428 g/mol. The molecule has 0 bridgehead atoms. The van der Waals surface area contributed by atoms with Crippen molar-refractivity contribution >= 4 is 27.5 Å². The number of hydrogen-bond acceptors (Lipinski definition) is 5. The molecule has 0 aliphatic heterocycles. The van der Waals surface area contributed by atoms with Gasteiger partial charge in [-0.15, -0.1) is 10.2 Å². The summed E-state index contributed by atoms with van der Waals surface area (Å²) in [5.41, 5.74) is 3.58. The lowest BCUT2D eigenvalue weighted by atomic mass is 10.2. The minimum Gasteiger partial charge on any atom is -0.305 e. The number of hydrogen-bond donors (Lipinski definition) is 1. The first kappa shape index (κ1) is 21.1. The maximum Gasteiger partial charge on any atom is 0.261 e. The van der Waals surface area contributed by atoms with Gasteiger partial charge in [-0.3, -0.25) is 4.72 Å². The Labute approximate surface area is 186 Å². The molecule has 8 heteroatoms. The van der Waals surface area contributed by atoms with E-state index in [1.165, 1.54) is 5.56 Å². The van der Waals surface area contributed by atoms with Crippen LogP contribution in [-0.4, -0.2) is 23.2 Å². The standard InChI is InChI=1S/C23H22N4O2S2/c1-17-8-14-21(15-9-17)31(28,29)26-20-12-10-19(11-13-20)22-24-25-23(27(22)2)30-16-18-6-4-3-5-7-18/h3-15,26H,16H2,1-2H3. The smallest absolute Gasteiger partial charge is 0.261 e. The van der Waals surface area contributed by atoms with Crippen molar-refractivity contribution in [3.8, 4) is 11.4 Å². The van der Waals surface area contributed by atoms with Gasteiger partial charge in [-0.05, 0) is 48.9 Å². The minimum atomic E-state index is -3.63. The molecule has 3 aromatic carbocycles. The fourth-order valence-electron chi connectivity index (χ4n) is 3.03. The minimum absolute atomic E-state index is 0.232. The van der Waals surface area contributed by atoms with Crippen molar-refractivity contribution < 1.29 is 8.42 Å². The normalized spacial score (nSPS) is 11.4. The van der Waals surface area contributed by atoms with E-state index in [0.717, 1.165) is 27.9 Å². The predicted octanol–water partition coefficient (Wildman–Crippen LogP) is 4.88. The van der Waals surface area contributed by atoms with E-state index in [9.17, 15) is 8.42 Å². The molecular formula is C23H22N4O2S2. The second-order valence-electron chi connectivity index (χ2n) is 7.14. The molecule has 1 N–H and O–H groups in total. The molecule has 0 amide bonds. The van der Waals surface area contributed by atoms with E-state index in [1.807, 2.05) is 48.9 Å². The highest BCUT2D eigenvalue weighted by Crippen LogP contribution is 2.26. The van der Waals surface area contributed by atoms with Crippen molar-refractivity contribution in [2.45, 2.75) is 22.7 Å². The number of rotatable bonds is 7. The van der Waals surface area contributed by atoms with Gasteiger partial charge in [0.15, 0.2) is 11.0 Å². The number of anilines is 1. The first-order valence-electron chi connectivity index (χ1n) is 9.68. The third-order valence-electron chi connectivity index (χ3n) is 4.77. The summed E-state index contributed by atoms with van der Waals surface area (Å²) >= 11 is 1.62. The lowest BCUT2D eigenvalue weighted by molar-refractivity contribution is 0.601. The van der Waals surface area contributed by atoms with E-state index >= 15 is 0 Å². The zero-order valence-electron chi connectivity index (χ0n) is 17.2. The molecule has 0 spiro atoms. The Balaban J connectivity index is 1.47. The first-order chi connectivity index (χ1) is 14.9. The van der Waals surface area contributed by atoms with Gasteiger partial charge >= 0.3 is 0 Å². The molecule has 0 aliphatic rings. The summed E-state index contributed by atoms with van der Waals surface area (Å²) in [7, 11) is -1.70. The van der Waals surface area contributed by atoms with Gasteiger partial charge in [0.05, 0.1) is 4.90 Å². The topological polar surface area (TPSA) is 76.9 Å². The summed E-state index contributed by atoms with van der Waals surface area (Å²) in [6.45, 7) is 1.92. The van der Waals surface area contributed by atoms with Crippen molar-refractivity contribution in [2.24, 2.45) is 7.05 Å². The number of aromatic nitrogens is 3. The van der Waals surface area contributed by atoms with Crippen molar-refractivity contribution in [2.75, 3.05) is 4.72 Å². The zero-order valence-corrected chi connectivity index (χ0v) is 18.8. The van der Waals surface area contributed by atoms with E-state index in [0.29, 0.717) is 5.69 Å². The van der Waals surface area contributed by atoms with E-state index in [1.54, 1.807) is 48.2 Å². The summed E-state index contributed by atoms with van der Waals surface area (Å²) in [4.78, 5) is 0.232. The van der Waals surface area contributed by atoms with Gasteiger partial charge in [-0.2, -0.15) is 0 Å². The fourth-order valence-corrected chi connectivity index (χ4v) is 4.96. The number of thioether (sulfide) groups is 1. The summed E-state index contributed by atoms with van der Waals surface area (Å²) in [6.07, 6.45) is 0. The van der Waals surface area contributed by atoms with E-state index in [4.69, 9.17) is 0 Å². The molecule has 1 aromatic heterocycles. The summed E-state index contributed by atoms with van der Waals surface area (Å²) in [5, 5.41) is 9.43. The summed E-state index contributed by atoms with van der Waals surface area (Å²) in [6, 6.07) is 24.1. The SMILES string of the molecule is Cc1ccc(S(=O)(=O)Nc2ccc(-c3nnc(SCc4ccccc4)n3C)cc2)cc1. The number of benzene rings is 3. The molecule has 31 heavy (non-hydrogen) atoms. The van der Waals surface area contributed by atoms with Crippen LogP contribution in [0.2, 0.25) is 0 Å². The van der Waals surface area contributed by atoms with Gasteiger partial charge in [0.1, 0.15) is 0 Å². The molecule has 6 nitrogen and oxygen atoms in total. The summed E-state index contributed by atoms with van der Waals surface area (Å²) in [5.74, 6) is 1.54. The van der Waals surface area contributed by atoms with Crippen molar-refractivity contribution in [3.63, 3.8) is 0 Å². The van der Waals surface area contributed by atoms with Gasteiger partial charge < -0.3 is 4.57 Å². The van der Waals surface area contributed by atoms with Gasteiger partial charge in [0.2, 0.25) is 0 Å². The van der Waals surface area contributed by atoms with Crippen LogP contribution in [0.4, 0.5) is 5.69 Å². The Morgan fingerprint density at radius 2 is 1.58 bits per heavy atom. The highest BCUT2D eigenvalue weighted by molar-refractivity contribution is 7.98. The number of nitrogens with zero attached hydrogens (tertiary/aromatic N) is 3. The second-order valence-corrected chi connectivity index (χ2v) is 9.76. The van der Waals surface area contributed by atoms with Gasteiger partial charge in [-0.1, -0.05) is 59.8 Å². The van der Waals surface area contributed by atoms with Crippen LogP contribution >= 0.6 is 11.8 Å². The maximum atomic E-state index is 12.6. The quantitative estimate of drug-likeness (QED) is 0.406. The number of sulfonamides is 1. The summed E-state index contributed by atoms with van der Waals surface area (Å²) < 4.78 is 29.7. The van der Waals surface area contributed by atoms with Gasteiger partial charge in [0.25, 0.3) is 10.0 Å². The van der Waals surface area contributed by atoms with Crippen LogP contribution in [0.15, 0.2) is 88.9 Å². The highest BCUT2D eigenvalue weighted by Gasteiger charge is 2.15. The molecule has 0 saturated heterocycles. The van der Waals surface area contributed by atoms with Crippen LogP contribution in [0.3, 0.4) is 0 Å². The lowest BCUT2D eigenvalue weighted by Crippen LogP contribution is -2.12. The number of nitrogens with one attached hydrogen (secondary N) is 1. The Bertz CT molecular complexity index is 1270. The Kier molecular flexibility index (Phi) is 6.11. The molecule has 0 radical (unpaired) electrons. The Morgan fingerprint density at radius 1 is 0.903 bits per heavy atom. The van der Waals surface area contributed by atoms with E-state index in [-0.39, 0.29) is 4.90 Å². The predicted molar refractivity (Wildman–Crippen MR) is 124 cm³/mol. The van der Waals surface area contributed by atoms with Crippen LogP contribution in [-0.2, 0) is 22.8 Å². The maximum absolute atomic E-state index is 12.6. The van der Waals surface area contributed by atoms with Crippen LogP contribution < -0.4 is 4.72 Å². The molecule has 0 aliphatic carbocycles. The first-order valence-corrected chi connectivity index (χ1v) is 12.2. The van der Waals surface area contributed by atoms with Crippen molar-refractivity contribution in [3.05, 3.63) is 90.0 Å². The Morgan fingerprint density at radius 3 is 2.26 bits per heavy atom. The highest BCUT2D eigenvalue weighted by atomic mass is 32.2. The molecule has 0 saturated carbocycles. The fraction of sp³-hybridized carbons (Fsp3) is 0.130. The van der Waals surface area contributed by atoms with E-state index < -0.39 is 10.0 Å². The third-order valence-corrected chi connectivity index (χ3v) is 7.26. The number of aryl methyl sites for hydroxylation is 1. The monoisotopic (exact) mass is 450 g/mol. The molecule has 0 fully saturated rings. The van der Waals surface area contributed by atoms with Crippen LogP contribution in [0.25, 0.3) is 11.4 Å². The van der Waals surface area contributed by atoms with Crippen LogP contribution in [0.1, 0.15) is 11.1 Å². The molecule has 158 valence electrons. The Hall–Kier alpha value is -3.10. The van der Waals surface area contributed by atoms with Crippen LogP contribution in [0.5, 0.6) is 0 Å². The molecule has 0 unspecified atom stereocenters. The zero-order chi connectivity index (χ0) is 21.8. The third kappa shape index (κ3) is 4.98. The average molecular weight is 451 g/mol. The second kappa shape index (κ2) is 8.95. The van der Waals surface area contributed by atoms with Gasteiger partial charge in [-0.25, -0.2) is 8.42 Å².